The minimum atomic E-state index is 0.335. The lowest BCUT2D eigenvalue weighted by molar-refractivity contribution is 0.143. The third-order valence-electron chi connectivity index (χ3n) is 4.42. The summed E-state index contributed by atoms with van der Waals surface area (Å²) in [6, 6.07) is 11.1. The predicted octanol–water partition coefficient (Wildman–Crippen LogP) is 2.43. The van der Waals surface area contributed by atoms with E-state index in [1.165, 1.54) is 24.9 Å². The molecule has 0 radical (unpaired) electrons. The highest BCUT2D eigenvalue weighted by Crippen LogP contribution is 2.22. The molecule has 1 saturated heterocycles. The Morgan fingerprint density at radius 3 is 2.85 bits per heavy atom. The van der Waals surface area contributed by atoms with Crippen LogP contribution in [0.25, 0.3) is 0 Å². The van der Waals surface area contributed by atoms with E-state index in [2.05, 4.69) is 40.5 Å². The summed E-state index contributed by atoms with van der Waals surface area (Å²) >= 11 is 0. The molecule has 1 aromatic carbocycles. The van der Waals surface area contributed by atoms with E-state index in [0.717, 1.165) is 25.9 Å². The van der Waals surface area contributed by atoms with E-state index in [9.17, 15) is 0 Å². The number of nitrogens with one attached hydrogen (secondary N) is 1. The average Bonchev–Trinajstić information content (AvgIpc) is 2.50. The fourth-order valence-corrected chi connectivity index (χ4v) is 3.25. The Kier molecular flexibility index (Phi) is 6.51. The van der Waals surface area contributed by atoms with E-state index in [-0.39, 0.29) is 0 Å². The summed E-state index contributed by atoms with van der Waals surface area (Å²) in [5, 5.41) is 12.5. The molecule has 3 nitrogen and oxygen atoms in total. The van der Waals surface area contributed by atoms with E-state index in [1.54, 1.807) is 0 Å². The number of rotatable bonds is 7. The van der Waals surface area contributed by atoms with Gasteiger partial charge in [-0.15, -0.1) is 0 Å². The van der Waals surface area contributed by atoms with E-state index in [0.29, 0.717) is 18.6 Å². The van der Waals surface area contributed by atoms with Gasteiger partial charge in [-0.25, -0.2) is 0 Å². The van der Waals surface area contributed by atoms with Gasteiger partial charge in [0.15, 0.2) is 0 Å². The molecule has 1 heterocycles. The van der Waals surface area contributed by atoms with Gasteiger partial charge in [0, 0.05) is 19.2 Å². The summed E-state index contributed by atoms with van der Waals surface area (Å²) in [4.78, 5) is 2.57. The van der Waals surface area contributed by atoms with Crippen molar-refractivity contribution in [3.63, 3.8) is 0 Å². The molecule has 20 heavy (non-hydrogen) atoms. The summed E-state index contributed by atoms with van der Waals surface area (Å²) in [7, 11) is 2.04. The summed E-state index contributed by atoms with van der Waals surface area (Å²) in [5.41, 5.74) is 1.37. The topological polar surface area (TPSA) is 35.5 Å². The molecule has 0 bridgehead atoms. The second kappa shape index (κ2) is 8.40. The fraction of sp³-hybridized carbons (Fsp3) is 0.647. The Morgan fingerprint density at radius 2 is 2.15 bits per heavy atom. The molecule has 2 rings (SSSR count). The molecule has 1 aliphatic rings. The normalized spacial score (nSPS) is 21.8. The van der Waals surface area contributed by atoms with Crippen molar-refractivity contribution in [2.75, 3.05) is 33.3 Å². The second-order valence-corrected chi connectivity index (χ2v) is 5.86. The van der Waals surface area contributed by atoms with Gasteiger partial charge < -0.3 is 15.3 Å². The molecule has 0 aliphatic carbocycles. The van der Waals surface area contributed by atoms with Crippen LogP contribution < -0.4 is 5.32 Å². The minimum Gasteiger partial charge on any atom is -0.396 e. The number of aliphatic hydroxyl groups is 1. The van der Waals surface area contributed by atoms with E-state index >= 15 is 0 Å². The van der Waals surface area contributed by atoms with E-state index in [4.69, 9.17) is 5.11 Å². The zero-order chi connectivity index (χ0) is 14.2. The van der Waals surface area contributed by atoms with Crippen LogP contribution in [0.3, 0.4) is 0 Å². The first-order valence-electron chi connectivity index (χ1n) is 7.89. The standard InChI is InChI=1S/C17H28N2O/c1-18-17(16-7-3-2-4-8-16)9-12-19-11-5-6-15(14-19)10-13-20/h2-4,7-8,15,17-18,20H,5-6,9-14H2,1H3. The summed E-state index contributed by atoms with van der Waals surface area (Å²) in [6.07, 6.45) is 4.67. The monoisotopic (exact) mass is 276 g/mol. The highest BCUT2D eigenvalue weighted by Gasteiger charge is 2.20. The quantitative estimate of drug-likeness (QED) is 0.803. The molecular weight excluding hydrogens is 248 g/mol. The molecule has 0 saturated carbocycles. The van der Waals surface area contributed by atoms with Crippen LogP contribution in [-0.4, -0.2) is 43.3 Å². The number of benzene rings is 1. The van der Waals surface area contributed by atoms with Crippen molar-refractivity contribution in [1.82, 2.24) is 10.2 Å². The highest BCUT2D eigenvalue weighted by molar-refractivity contribution is 5.18. The molecule has 3 heteroatoms. The highest BCUT2D eigenvalue weighted by atomic mass is 16.3. The van der Waals surface area contributed by atoms with Crippen molar-refractivity contribution in [3.8, 4) is 0 Å². The molecule has 2 unspecified atom stereocenters. The molecule has 1 aliphatic heterocycles. The van der Waals surface area contributed by atoms with Gasteiger partial charge in [0.1, 0.15) is 0 Å². The maximum Gasteiger partial charge on any atom is 0.0434 e. The van der Waals surface area contributed by atoms with Crippen molar-refractivity contribution < 1.29 is 5.11 Å². The van der Waals surface area contributed by atoms with Gasteiger partial charge in [0.25, 0.3) is 0 Å². The predicted molar refractivity (Wildman–Crippen MR) is 83.7 cm³/mol. The van der Waals surface area contributed by atoms with Gasteiger partial charge in [-0.05, 0) is 57.3 Å². The third-order valence-corrected chi connectivity index (χ3v) is 4.42. The van der Waals surface area contributed by atoms with Crippen LogP contribution in [0.15, 0.2) is 30.3 Å². The van der Waals surface area contributed by atoms with Crippen LogP contribution in [0.2, 0.25) is 0 Å². The maximum atomic E-state index is 9.08. The van der Waals surface area contributed by atoms with Crippen LogP contribution in [-0.2, 0) is 0 Å². The third kappa shape index (κ3) is 4.58. The zero-order valence-electron chi connectivity index (χ0n) is 12.6. The van der Waals surface area contributed by atoms with Crippen LogP contribution in [0.5, 0.6) is 0 Å². The number of likely N-dealkylation sites (tertiary alicyclic amines) is 1. The SMILES string of the molecule is CNC(CCN1CCCC(CCO)C1)c1ccccc1. The smallest absolute Gasteiger partial charge is 0.0434 e. The Labute approximate surface area is 123 Å². The number of hydrogen-bond acceptors (Lipinski definition) is 3. The summed E-state index contributed by atoms with van der Waals surface area (Å²) < 4.78 is 0. The molecule has 1 fully saturated rings. The Bertz CT molecular complexity index is 367. The molecule has 2 N–H and O–H groups in total. The van der Waals surface area contributed by atoms with Gasteiger partial charge in [0.2, 0.25) is 0 Å². The molecule has 0 spiro atoms. The molecule has 2 atom stereocenters. The van der Waals surface area contributed by atoms with E-state index < -0.39 is 0 Å². The lowest BCUT2D eigenvalue weighted by atomic mass is 9.94. The molecule has 0 aromatic heterocycles. The second-order valence-electron chi connectivity index (χ2n) is 5.86. The van der Waals surface area contributed by atoms with Crippen LogP contribution in [0.1, 0.15) is 37.3 Å². The van der Waals surface area contributed by atoms with Gasteiger partial charge in [-0.3, -0.25) is 0 Å². The van der Waals surface area contributed by atoms with Crippen LogP contribution in [0.4, 0.5) is 0 Å². The van der Waals surface area contributed by atoms with Gasteiger partial charge in [0.05, 0.1) is 0 Å². The number of aliphatic hydroxyl groups excluding tert-OH is 1. The summed E-state index contributed by atoms with van der Waals surface area (Å²) in [5.74, 6) is 0.693. The Morgan fingerprint density at radius 1 is 1.35 bits per heavy atom. The molecule has 112 valence electrons. The van der Waals surface area contributed by atoms with Gasteiger partial charge in [-0.2, -0.15) is 0 Å². The first kappa shape index (κ1) is 15.5. The average molecular weight is 276 g/mol. The lowest BCUT2D eigenvalue weighted by Gasteiger charge is -2.33. The molecule has 1 aromatic rings. The van der Waals surface area contributed by atoms with Gasteiger partial charge >= 0.3 is 0 Å². The zero-order valence-corrected chi connectivity index (χ0v) is 12.6. The van der Waals surface area contributed by atoms with Crippen LogP contribution in [0, 0.1) is 5.92 Å². The number of piperidine rings is 1. The minimum absolute atomic E-state index is 0.335. The lowest BCUT2D eigenvalue weighted by Crippen LogP contribution is -2.37. The first-order valence-corrected chi connectivity index (χ1v) is 7.89. The van der Waals surface area contributed by atoms with Crippen molar-refractivity contribution in [3.05, 3.63) is 35.9 Å². The van der Waals surface area contributed by atoms with Gasteiger partial charge in [-0.1, -0.05) is 30.3 Å². The van der Waals surface area contributed by atoms with Crippen LogP contribution >= 0.6 is 0 Å². The Balaban J connectivity index is 1.81. The fourth-order valence-electron chi connectivity index (χ4n) is 3.25. The van der Waals surface area contributed by atoms with E-state index in [1.807, 2.05) is 7.05 Å². The largest absolute Gasteiger partial charge is 0.396 e. The number of nitrogens with zero attached hydrogens (tertiary/aromatic N) is 1. The Hall–Kier alpha value is -0.900. The molecular formula is C17H28N2O. The van der Waals surface area contributed by atoms with Crippen molar-refractivity contribution in [2.45, 2.75) is 31.7 Å². The van der Waals surface area contributed by atoms with Crippen molar-refractivity contribution >= 4 is 0 Å². The number of hydrogen-bond donors (Lipinski definition) is 2. The maximum absolute atomic E-state index is 9.08. The first-order chi connectivity index (χ1) is 9.83. The molecule has 0 amide bonds. The van der Waals surface area contributed by atoms with Crippen molar-refractivity contribution in [1.29, 1.82) is 0 Å². The van der Waals surface area contributed by atoms with Crippen molar-refractivity contribution in [2.24, 2.45) is 5.92 Å². The summed E-state index contributed by atoms with van der Waals surface area (Å²) in [6.45, 7) is 3.85.